The lowest BCUT2D eigenvalue weighted by atomic mass is 9.82. The smallest absolute Gasteiger partial charge is 0.434 e. The summed E-state index contributed by atoms with van der Waals surface area (Å²) in [7, 11) is -6.25. The number of ether oxygens (including phenoxy) is 2. The molecule has 11 heteroatoms. The molecule has 146 valence electrons. The van der Waals surface area contributed by atoms with Crippen LogP contribution in [-0.2, 0) is 19.6 Å². The SMILES string of the molecule is CCCCOC(=O)OC1CC2CC1CC2C(F)(F)C(F)(F)S(=O)(=O)O. The van der Waals surface area contributed by atoms with Crippen molar-refractivity contribution in [1.29, 1.82) is 0 Å². The van der Waals surface area contributed by atoms with Crippen molar-refractivity contribution >= 4 is 16.3 Å². The summed E-state index contributed by atoms with van der Waals surface area (Å²) in [5, 5.41) is -5.56. The normalized spacial score (nSPS) is 29.7. The zero-order valence-electron chi connectivity index (χ0n) is 13.5. The molecule has 0 radical (unpaired) electrons. The fourth-order valence-corrected chi connectivity index (χ4v) is 4.15. The minimum atomic E-state index is -6.25. The molecular formula is C14H20F4O6S. The van der Waals surface area contributed by atoms with Crippen molar-refractivity contribution in [3.63, 3.8) is 0 Å². The summed E-state index contributed by atoms with van der Waals surface area (Å²) in [6, 6.07) is 0. The van der Waals surface area contributed by atoms with Crippen molar-refractivity contribution < 1.29 is 44.8 Å². The molecule has 4 unspecified atom stereocenters. The highest BCUT2D eigenvalue weighted by Gasteiger charge is 2.72. The highest BCUT2D eigenvalue weighted by Crippen LogP contribution is 2.58. The van der Waals surface area contributed by atoms with Gasteiger partial charge in [-0.1, -0.05) is 13.3 Å². The number of halogens is 4. The second kappa shape index (κ2) is 6.90. The van der Waals surface area contributed by atoms with E-state index in [1.54, 1.807) is 0 Å². The number of unbranched alkanes of at least 4 members (excludes halogenated alkanes) is 1. The van der Waals surface area contributed by atoms with Crippen LogP contribution in [0.25, 0.3) is 0 Å². The van der Waals surface area contributed by atoms with E-state index in [2.05, 4.69) is 0 Å². The molecule has 0 heterocycles. The number of alkyl halides is 4. The Kier molecular flexibility index (Phi) is 5.58. The topological polar surface area (TPSA) is 89.9 Å². The number of fused-ring (bicyclic) bond motifs is 2. The maximum atomic E-state index is 14.0. The largest absolute Gasteiger partial charge is 0.508 e. The van der Waals surface area contributed by atoms with Gasteiger partial charge in [0.05, 0.1) is 6.61 Å². The van der Waals surface area contributed by atoms with E-state index in [0.29, 0.717) is 6.42 Å². The lowest BCUT2D eigenvalue weighted by Gasteiger charge is -2.35. The Bertz CT molecular complexity index is 608. The van der Waals surface area contributed by atoms with Gasteiger partial charge in [0, 0.05) is 5.92 Å². The molecule has 2 aliphatic rings. The average Bonchev–Trinajstić information content (AvgIpc) is 3.06. The fourth-order valence-electron chi connectivity index (χ4n) is 3.66. The van der Waals surface area contributed by atoms with Gasteiger partial charge in [0.2, 0.25) is 0 Å². The lowest BCUT2D eigenvalue weighted by molar-refractivity contribution is -0.205. The summed E-state index contributed by atoms with van der Waals surface area (Å²) in [6.45, 7) is 2.06. The Labute approximate surface area is 142 Å². The molecule has 2 saturated carbocycles. The number of hydrogen-bond donors (Lipinski definition) is 1. The van der Waals surface area contributed by atoms with Crippen molar-refractivity contribution in [3.8, 4) is 0 Å². The molecular weight excluding hydrogens is 372 g/mol. The van der Waals surface area contributed by atoms with Gasteiger partial charge in [-0.15, -0.1) is 0 Å². The minimum absolute atomic E-state index is 0.0741. The predicted molar refractivity (Wildman–Crippen MR) is 76.9 cm³/mol. The Hall–Kier alpha value is -1.10. The minimum Gasteiger partial charge on any atom is -0.434 e. The third-order valence-electron chi connectivity index (χ3n) is 4.94. The molecule has 0 saturated heterocycles. The van der Waals surface area contributed by atoms with Gasteiger partial charge in [-0.25, -0.2) is 4.79 Å². The highest BCUT2D eigenvalue weighted by atomic mass is 32.2. The molecule has 0 aliphatic heterocycles. The van der Waals surface area contributed by atoms with Crippen LogP contribution >= 0.6 is 0 Å². The maximum Gasteiger partial charge on any atom is 0.508 e. The van der Waals surface area contributed by atoms with Gasteiger partial charge in [0.15, 0.2) is 0 Å². The van der Waals surface area contributed by atoms with Crippen molar-refractivity contribution in [2.24, 2.45) is 17.8 Å². The first kappa shape index (κ1) is 20.2. The third-order valence-corrected chi connectivity index (χ3v) is 5.86. The first-order valence-electron chi connectivity index (χ1n) is 7.97. The molecule has 0 amide bonds. The number of rotatable bonds is 7. The van der Waals surface area contributed by atoms with Crippen LogP contribution in [0.15, 0.2) is 0 Å². The van der Waals surface area contributed by atoms with Crippen molar-refractivity contribution in [1.82, 2.24) is 0 Å². The van der Waals surface area contributed by atoms with E-state index in [9.17, 15) is 30.8 Å². The van der Waals surface area contributed by atoms with Gasteiger partial charge in [-0.2, -0.15) is 26.0 Å². The molecule has 0 aromatic heterocycles. The Balaban J connectivity index is 1.98. The molecule has 6 nitrogen and oxygen atoms in total. The van der Waals surface area contributed by atoms with Gasteiger partial charge in [0.1, 0.15) is 6.10 Å². The highest BCUT2D eigenvalue weighted by molar-refractivity contribution is 7.87. The van der Waals surface area contributed by atoms with Crippen LogP contribution < -0.4 is 0 Å². The van der Waals surface area contributed by atoms with E-state index in [1.807, 2.05) is 6.92 Å². The van der Waals surface area contributed by atoms with Crippen molar-refractivity contribution in [2.75, 3.05) is 6.61 Å². The van der Waals surface area contributed by atoms with Crippen molar-refractivity contribution in [3.05, 3.63) is 0 Å². The molecule has 25 heavy (non-hydrogen) atoms. The summed E-state index contributed by atoms with van der Waals surface area (Å²) in [6.07, 6.45) is -0.576. The summed E-state index contributed by atoms with van der Waals surface area (Å²) >= 11 is 0. The van der Waals surface area contributed by atoms with Crippen LogP contribution in [0.4, 0.5) is 22.4 Å². The lowest BCUT2D eigenvalue weighted by Crippen LogP contribution is -2.53. The Morgan fingerprint density at radius 3 is 2.28 bits per heavy atom. The van der Waals surface area contributed by atoms with Gasteiger partial charge in [0.25, 0.3) is 0 Å². The zero-order valence-corrected chi connectivity index (χ0v) is 14.3. The van der Waals surface area contributed by atoms with Gasteiger partial charge in [-0.3, -0.25) is 4.55 Å². The second-order valence-corrected chi connectivity index (χ2v) is 8.02. The van der Waals surface area contributed by atoms with E-state index in [4.69, 9.17) is 14.0 Å². The number of carbonyl (C=O) groups excluding carboxylic acids is 1. The van der Waals surface area contributed by atoms with Gasteiger partial charge in [-0.05, 0) is 37.5 Å². The standard InChI is InChI=1S/C14H20F4O6S/c1-2-3-4-23-12(19)24-11-7-8-5-9(11)6-10(8)13(15,16)14(17,18)25(20,21)22/h8-11H,2-7H2,1H3,(H,20,21,22). The molecule has 0 aromatic carbocycles. The van der Waals surface area contributed by atoms with E-state index < -0.39 is 57.7 Å². The summed E-state index contributed by atoms with van der Waals surface area (Å²) < 4.78 is 94.6. The Morgan fingerprint density at radius 1 is 1.16 bits per heavy atom. The molecule has 2 bridgehead atoms. The molecule has 4 atom stereocenters. The molecule has 2 fully saturated rings. The van der Waals surface area contributed by atoms with Crippen LogP contribution in [0.3, 0.4) is 0 Å². The van der Waals surface area contributed by atoms with Crippen LogP contribution in [0, 0.1) is 17.8 Å². The number of carbonyl (C=O) groups is 1. The third kappa shape index (κ3) is 3.71. The molecule has 1 N–H and O–H groups in total. The van der Waals surface area contributed by atoms with E-state index in [0.717, 1.165) is 6.42 Å². The summed E-state index contributed by atoms with van der Waals surface area (Å²) in [5.74, 6) is -8.32. The van der Waals surface area contributed by atoms with Crippen LogP contribution in [0.2, 0.25) is 0 Å². The van der Waals surface area contributed by atoms with Crippen LogP contribution in [0.1, 0.15) is 39.0 Å². The fraction of sp³-hybridized carbons (Fsp3) is 0.929. The molecule has 0 spiro atoms. The number of hydrogen-bond acceptors (Lipinski definition) is 5. The van der Waals surface area contributed by atoms with Gasteiger partial charge < -0.3 is 9.47 Å². The average molecular weight is 392 g/mol. The quantitative estimate of drug-likeness (QED) is 0.309. The molecule has 0 aromatic rings. The predicted octanol–water partition coefficient (Wildman–Crippen LogP) is 3.47. The second-order valence-electron chi connectivity index (χ2n) is 6.56. The summed E-state index contributed by atoms with van der Waals surface area (Å²) in [5.41, 5.74) is 0. The monoisotopic (exact) mass is 392 g/mol. The van der Waals surface area contributed by atoms with Crippen LogP contribution in [0.5, 0.6) is 0 Å². The van der Waals surface area contributed by atoms with E-state index in [-0.39, 0.29) is 19.4 Å². The van der Waals surface area contributed by atoms with Crippen LogP contribution in [-0.4, -0.2) is 43.0 Å². The van der Waals surface area contributed by atoms with Crippen molar-refractivity contribution in [2.45, 2.75) is 56.3 Å². The van der Waals surface area contributed by atoms with Gasteiger partial charge >= 0.3 is 27.5 Å². The Morgan fingerprint density at radius 2 is 1.80 bits per heavy atom. The first-order valence-corrected chi connectivity index (χ1v) is 9.41. The first-order chi connectivity index (χ1) is 11.4. The molecule has 2 rings (SSSR count). The van der Waals surface area contributed by atoms with E-state index >= 15 is 0 Å². The summed E-state index contributed by atoms with van der Waals surface area (Å²) in [4.78, 5) is 11.5. The zero-order chi connectivity index (χ0) is 19.0. The van der Waals surface area contributed by atoms with E-state index in [1.165, 1.54) is 0 Å². The maximum absolute atomic E-state index is 14.0. The molecule has 2 aliphatic carbocycles.